The minimum atomic E-state index is -0.681. The maximum absolute atomic E-state index is 13.5. The van der Waals surface area contributed by atoms with Gasteiger partial charge in [0.15, 0.2) is 11.6 Å². The van der Waals surface area contributed by atoms with Gasteiger partial charge in [0.25, 0.3) is 0 Å². The standard InChI is InChI=1S/C14H19F2NO2/c1-3-6-17-11-8-13(14(11)18-2)19-12-5-4-9(15)7-10(12)16/h4-5,7,11,13-14,17H,3,6,8H2,1-2H3. The zero-order valence-corrected chi connectivity index (χ0v) is 11.2. The van der Waals surface area contributed by atoms with Crippen molar-refractivity contribution in [2.75, 3.05) is 13.7 Å². The largest absolute Gasteiger partial charge is 0.485 e. The molecule has 0 saturated heterocycles. The van der Waals surface area contributed by atoms with Crippen LogP contribution in [0.2, 0.25) is 0 Å². The summed E-state index contributed by atoms with van der Waals surface area (Å²) in [6, 6.07) is 3.55. The second-order valence-electron chi connectivity index (χ2n) is 4.73. The second kappa shape index (κ2) is 6.30. The van der Waals surface area contributed by atoms with Crippen LogP contribution in [-0.2, 0) is 4.74 Å². The van der Waals surface area contributed by atoms with Gasteiger partial charge in [-0.3, -0.25) is 0 Å². The maximum atomic E-state index is 13.5. The predicted molar refractivity (Wildman–Crippen MR) is 68.3 cm³/mol. The predicted octanol–water partition coefficient (Wildman–Crippen LogP) is 2.50. The Morgan fingerprint density at radius 3 is 2.79 bits per heavy atom. The number of hydrogen-bond acceptors (Lipinski definition) is 3. The Bertz CT molecular complexity index is 428. The Morgan fingerprint density at radius 2 is 2.16 bits per heavy atom. The van der Waals surface area contributed by atoms with Crippen molar-refractivity contribution >= 4 is 0 Å². The number of nitrogens with one attached hydrogen (secondary N) is 1. The van der Waals surface area contributed by atoms with E-state index in [0.29, 0.717) is 0 Å². The summed E-state index contributed by atoms with van der Waals surface area (Å²) in [6.45, 7) is 3.01. The third-order valence-electron chi connectivity index (χ3n) is 3.35. The second-order valence-corrected chi connectivity index (χ2v) is 4.73. The summed E-state index contributed by atoms with van der Waals surface area (Å²) >= 11 is 0. The first kappa shape index (κ1) is 14.2. The van der Waals surface area contributed by atoms with Crippen molar-refractivity contribution in [1.29, 1.82) is 0 Å². The molecule has 1 fully saturated rings. The first-order valence-electron chi connectivity index (χ1n) is 6.53. The first-order valence-corrected chi connectivity index (χ1v) is 6.53. The monoisotopic (exact) mass is 271 g/mol. The van der Waals surface area contributed by atoms with Gasteiger partial charge in [0.05, 0.1) is 0 Å². The van der Waals surface area contributed by atoms with Gasteiger partial charge in [-0.1, -0.05) is 6.92 Å². The van der Waals surface area contributed by atoms with Crippen molar-refractivity contribution < 1.29 is 18.3 Å². The Morgan fingerprint density at radius 1 is 1.37 bits per heavy atom. The van der Waals surface area contributed by atoms with E-state index in [4.69, 9.17) is 9.47 Å². The van der Waals surface area contributed by atoms with E-state index in [1.54, 1.807) is 7.11 Å². The van der Waals surface area contributed by atoms with E-state index in [1.807, 2.05) is 0 Å². The summed E-state index contributed by atoms with van der Waals surface area (Å²) in [5.41, 5.74) is 0. The number of benzene rings is 1. The average molecular weight is 271 g/mol. The van der Waals surface area contributed by atoms with Crippen molar-refractivity contribution in [3.63, 3.8) is 0 Å². The molecule has 19 heavy (non-hydrogen) atoms. The highest BCUT2D eigenvalue weighted by Gasteiger charge is 2.43. The van der Waals surface area contributed by atoms with Crippen LogP contribution >= 0.6 is 0 Å². The third kappa shape index (κ3) is 3.22. The molecular formula is C14H19F2NO2. The highest BCUT2D eigenvalue weighted by Crippen LogP contribution is 2.30. The highest BCUT2D eigenvalue weighted by atomic mass is 19.1. The Hall–Kier alpha value is -1.20. The van der Waals surface area contributed by atoms with Crippen LogP contribution in [0.25, 0.3) is 0 Å². The molecule has 0 bridgehead atoms. The van der Waals surface area contributed by atoms with Crippen molar-refractivity contribution in [2.24, 2.45) is 0 Å². The van der Waals surface area contributed by atoms with Crippen molar-refractivity contribution in [3.8, 4) is 5.75 Å². The van der Waals surface area contributed by atoms with Gasteiger partial charge >= 0.3 is 0 Å². The fourth-order valence-electron chi connectivity index (χ4n) is 2.28. The molecule has 0 aliphatic heterocycles. The van der Waals surface area contributed by atoms with Gasteiger partial charge in [0, 0.05) is 25.6 Å². The molecule has 1 aromatic rings. The molecule has 1 N–H and O–H groups in total. The van der Waals surface area contributed by atoms with Crippen molar-refractivity contribution in [1.82, 2.24) is 5.32 Å². The molecule has 0 spiro atoms. The molecule has 2 rings (SSSR count). The molecule has 1 aliphatic carbocycles. The number of ether oxygens (including phenoxy) is 2. The zero-order valence-electron chi connectivity index (χ0n) is 11.2. The van der Waals surface area contributed by atoms with E-state index in [1.165, 1.54) is 12.1 Å². The zero-order chi connectivity index (χ0) is 13.8. The SMILES string of the molecule is CCCNC1CC(Oc2ccc(F)cc2F)C1OC. The van der Waals surface area contributed by atoms with Gasteiger partial charge in [-0.2, -0.15) is 0 Å². The highest BCUT2D eigenvalue weighted by molar-refractivity contribution is 5.25. The molecule has 0 aromatic heterocycles. The van der Waals surface area contributed by atoms with Gasteiger partial charge < -0.3 is 14.8 Å². The van der Waals surface area contributed by atoms with Gasteiger partial charge in [-0.15, -0.1) is 0 Å². The van der Waals surface area contributed by atoms with Crippen LogP contribution in [0.4, 0.5) is 8.78 Å². The summed E-state index contributed by atoms with van der Waals surface area (Å²) in [5, 5.41) is 3.35. The fourth-order valence-corrected chi connectivity index (χ4v) is 2.28. The molecule has 3 unspecified atom stereocenters. The van der Waals surface area contributed by atoms with Gasteiger partial charge in [-0.05, 0) is 25.1 Å². The molecule has 106 valence electrons. The molecule has 1 saturated carbocycles. The van der Waals surface area contributed by atoms with Crippen molar-refractivity contribution in [2.45, 2.75) is 38.0 Å². The van der Waals surface area contributed by atoms with Crippen LogP contribution in [0.1, 0.15) is 19.8 Å². The van der Waals surface area contributed by atoms with E-state index in [9.17, 15) is 8.78 Å². The van der Waals surface area contributed by atoms with Crippen molar-refractivity contribution in [3.05, 3.63) is 29.8 Å². The normalized spacial score (nSPS) is 26.0. The number of halogens is 2. The van der Waals surface area contributed by atoms with Crippen LogP contribution in [-0.4, -0.2) is 31.9 Å². The number of methoxy groups -OCH3 is 1. The lowest BCUT2D eigenvalue weighted by molar-refractivity contribution is -0.0897. The molecule has 0 heterocycles. The molecule has 0 amide bonds. The maximum Gasteiger partial charge on any atom is 0.167 e. The fraction of sp³-hybridized carbons (Fsp3) is 0.571. The minimum Gasteiger partial charge on any atom is -0.485 e. The number of hydrogen-bond donors (Lipinski definition) is 1. The quantitative estimate of drug-likeness (QED) is 0.862. The minimum absolute atomic E-state index is 0.0717. The average Bonchev–Trinajstić information content (AvgIpc) is 2.35. The molecule has 1 aromatic carbocycles. The van der Waals surface area contributed by atoms with Gasteiger partial charge in [-0.25, -0.2) is 8.78 Å². The van der Waals surface area contributed by atoms with E-state index < -0.39 is 11.6 Å². The van der Waals surface area contributed by atoms with E-state index in [2.05, 4.69) is 12.2 Å². The third-order valence-corrected chi connectivity index (χ3v) is 3.35. The summed E-state index contributed by atoms with van der Waals surface area (Å²) < 4.78 is 37.2. The van der Waals surface area contributed by atoms with Gasteiger partial charge in [0.1, 0.15) is 18.0 Å². The molecule has 5 heteroatoms. The lowest BCUT2D eigenvalue weighted by atomic mass is 9.85. The summed E-state index contributed by atoms with van der Waals surface area (Å²) in [6.07, 6.45) is 1.51. The molecular weight excluding hydrogens is 252 g/mol. The Kier molecular flexibility index (Phi) is 4.71. The van der Waals surface area contributed by atoms with Gasteiger partial charge in [0.2, 0.25) is 0 Å². The van der Waals surface area contributed by atoms with Crippen LogP contribution in [0.5, 0.6) is 5.75 Å². The summed E-state index contributed by atoms with van der Waals surface area (Å²) in [5.74, 6) is -1.22. The van der Waals surface area contributed by atoms with Crippen LogP contribution < -0.4 is 10.1 Å². The van der Waals surface area contributed by atoms with Crippen LogP contribution in [0, 0.1) is 11.6 Å². The lowest BCUT2D eigenvalue weighted by Gasteiger charge is -2.43. The summed E-state index contributed by atoms with van der Waals surface area (Å²) in [4.78, 5) is 0. The topological polar surface area (TPSA) is 30.5 Å². The van der Waals surface area contributed by atoms with E-state index in [0.717, 1.165) is 25.5 Å². The lowest BCUT2D eigenvalue weighted by Crippen LogP contribution is -2.61. The van der Waals surface area contributed by atoms with Crippen LogP contribution in [0.15, 0.2) is 18.2 Å². The Balaban J connectivity index is 1.93. The smallest absolute Gasteiger partial charge is 0.167 e. The first-order chi connectivity index (χ1) is 9.15. The van der Waals surface area contributed by atoms with E-state index in [-0.39, 0.29) is 24.0 Å². The summed E-state index contributed by atoms with van der Waals surface area (Å²) in [7, 11) is 1.61. The van der Waals surface area contributed by atoms with E-state index >= 15 is 0 Å². The molecule has 0 radical (unpaired) electrons. The Labute approximate surface area is 111 Å². The number of rotatable bonds is 6. The molecule has 1 aliphatic rings. The molecule has 3 nitrogen and oxygen atoms in total. The molecule has 3 atom stereocenters. The van der Waals surface area contributed by atoms with Crippen LogP contribution in [0.3, 0.4) is 0 Å².